The highest BCUT2D eigenvalue weighted by Gasteiger charge is 2.19. The maximum absolute atomic E-state index is 12.4. The Morgan fingerprint density at radius 2 is 1.67 bits per heavy atom. The topological polar surface area (TPSA) is 73.6 Å². The highest BCUT2D eigenvalue weighted by Crippen LogP contribution is 2.32. The van der Waals surface area contributed by atoms with E-state index in [2.05, 4.69) is 5.32 Å². The van der Waals surface area contributed by atoms with E-state index >= 15 is 0 Å². The Morgan fingerprint density at radius 3 is 2.24 bits per heavy atom. The third kappa shape index (κ3) is 3.80. The molecule has 5 nitrogen and oxygen atoms in total. The summed E-state index contributed by atoms with van der Waals surface area (Å²) in [7, 11) is 3.09. The molecule has 1 fully saturated rings. The number of anilines is 1. The summed E-state index contributed by atoms with van der Waals surface area (Å²) in [5.41, 5.74) is 6.80. The maximum Gasteiger partial charge on any atom is 0.253 e. The van der Waals surface area contributed by atoms with E-state index in [9.17, 15) is 4.79 Å². The third-order valence-electron chi connectivity index (χ3n) is 3.99. The summed E-state index contributed by atoms with van der Waals surface area (Å²) in [6, 6.07) is 3.51. The standard InChI is InChI=1S/C16H24N2O3/c1-20-14-9-12(13(17)10-15(14)21-2)16(19)18-11-7-5-3-4-6-8-11/h9-11H,3-8,17H2,1-2H3,(H,18,19). The monoisotopic (exact) mass is 292 g/mol. The van der Waals surface area contributed by atoms with Gasteiger partial charge in [-0.1, -0.05) is 25.7 Å². The Balaban J connectivity index is 2.14. The fraction of sp³-hybridized carbons (Fsp3) is 0.562. The normalized spacial score (nSPS) is 16.1. The quantitative estimate of drug-likeness (QED) is 0.661. The van der Waals surface area contributed by atoms with Crippen LogP contribution in [0.3, 0.4) is 0 Å². The number of hydrogen-bond acceptors (Lipinski definition) is 4. The van der Waals surface area contributed by atoms with E-state index in [1.807, 2.05) is 0 Å². The molecule has 0 heterocycles. The van der Waals surface area contributed by atoms with Gasteiger partial charge in [-0.25, -0.2) is 0 Å². The Hall–Kier alpha value is -1.91. The predicted molar refractivity (Wildman–Crippen MR) is 82.9 cm³/mol. The average molecular weight is 292 g/mol. The minimum absolute atomic E-state index is 0.139. The van der Waals surface area contributed by atoms with Gasteiger partial charge in [-0.3, -0.25) is 4.79 Å². The van der Waals surface area contributed by atoms with Gasteiger partial charge in [0.2, 0.25) is 0 Å². The molecule has 0 radical (unpaired) electrons. The molecule has 0 spiro atoms. The van der Waals surface area contributed by atoms with Crippen molar-refractivity contribution in [2.75, 3.05) is 20.0 Å². The molecule has 1 aliphatic carbocycles. The fourth-order valence-corrected chi connectivity index (χ4v) is 2.78. The summed E-state index contributed by atoms with van der Waals surface area (Å²) >= 11 is 0. The van der Waals surface area contributed by atoms with Crippen LogP contribution in [0.5, 0.6) is 11.5 Å². The molecule has 1 aliphatic rings. The van der Waals surface area contributed by atoms with Gasteiger partial charge in [0.1, 0.15) is 0 Å². The molecule has 3 N–H and O–H groups in total. The van der Waals surface area contributed by atoms with Gasteiger partial charge in [0.05, 0.1) is 19.8 Å². The fourth-order valence-electron chi connectivity index (χ4n) is 2.78. The Kier molecular flexibility index (Phi) is 5.31. The minimum atomic E-state index is -0.139. The number of rotatable bonds is 4. The van der Waals surface area contributed by atoms with E-state index in [4.69, 9.17) is 15.2 Å². The highest BCUT2D eigenvalue weighted by atomic mass is 16.5. The molecule has 2 rings (SSSR count). The molecule has 0 aromatic heterocycles. The Labute approximate surface area is 125 Å². The second-order valence-corrected chi connectivity index (χ2v) is 5.46. The van der Waals surface area contributed by atoms with Crippen molar-refractivity contribution in [2.45, 2.75) is 44.6 Å². The summed E-state index contributed by atoms with van der Waals surface area (Å²) < 4.78 is 10.4. The zero-order valence-electron chi connectivity index (χ0n) is 12.8. The van der Waals surface area contributed by atoms with Crippen molar-refractivity contribution in [1.82, 2.24) is 5.32 Å². The van der Waals surface area contributed by atoms with Crippen molar-refractivity contribution in [3.8, 4) is 11.5 Å². The van der Waals surface area contributed by atoms with Crippen molar-refractivity contribution < 1.29 is 14.3 Å². The summed E-state index contributed by atoms with van der Waals surface area (Å²) in [6.07, 6.45) is 6.94. The van der Waals surface area contributed by atoms with Crippen LogP contribution in [-0.4, -0.2) is 26.2 Å². The van der Waals surface area contributed by atoms with E-state index in [0.717, 1.165) is 12.8 Å². The molecular weight excluding hydrogens is 268 g/mol. The lowest BCUT2D eigenvalue weighted by Gasteiger charge is -2.18. The first-order valence-corrected chi connectivity index (χ1v) is 7.48. The Bertz CT molecular complexity index is 495. The lowest BCUT2D eigenvalue weighted by Crippen LogP contribution is -2.34. The van der Waals surface area contributed by atoms with Crippen LogP contribution in [0.4, 0.5) is 5.69 Å². The third-order valence-corrected chi connectivity index (χ3v) is 3.99. The van der Waals surface area contributed by atoms with Crippen molar-refractivity contribution in [3.63, 3.8) is 0 Å². The van der Waals surface area contributed by atoms with Gasteiger partial charge in [-0.15, -0.1) is 0 Å². The van der Waals surface area contributed by atoms with E-state index in [-0.39, 0.29) is 11.9 Å². The molecule has 1 aromatic carbocycles. The molecule has 116 valence electrons. The largest absolute Gasteiger partial charge is 0.493 e. The van der Waals surface area contributed by atoms with Gasteiger partial charge in [-0.2, -0.15) is 0 Å². The number of ether oxygens (including phenoxy) is 2. The molecule has 1 saturated carbocycles. The second-order valence-electron chi connectivity index (χ2n) is 5.46. The summed E-state index contributed by atoms with van der Waals surface area (Å²) in [6.45, 7) is 0. The summed E-state index contributed by atoms with van der Waals surface area (Å²) in [5.74, 6) is 0.902. The smallest absolute Gasteiger partial charge is 0.253 e. The van der Waals surface area contributed by atoms with Crippen molar-refractivity contribution in [1.29, 1.82) is 0 Å². The molecule has 0 bridgehead atoms. The molecule has 21 heavy (non-hydrogen) atoms. The van der Waals surface area contributed by atoms with Gasteiger partial charge in [0.15, 0.2) is 11.5 Å². The van der Waals surface area contributed by atoms with Gasteiger partial charge in [-0.05, 0) is 18.9 Å². The van der Waals surface area contributed by atoms with Crippen LogP contribution in [0.15, 0.2) is 12.1 Å². The van der Waals surface area contributed by atoms with Gasteiger partial charge < -0.3 is 20.5 Å². The highest BCUT2D eigenvalue weighted by molar-refractivity contribution is 6.00. The molecule has 5 heteroatoms. The van der Waals surface area contributed by atoms with Crippen LogP contribution in [-0.2, 0) is 0 Å². The summed E-state index contributed by atoms with van der Waals surface area (Å²) in [4.78, 5) is 12.4. The first kappa shape index (κ1) is 15.5. The minimum Gasteiger partial charge on any atom is -0.493 e. The number of benzene rings is 1. The van der Waals surface area contributed by atoms with Crippen LogP contribution >= 0.6 is 0 Å². The number of hydrogen-bond donors (Lipinski definition) is 2. The van der Waals surface area contributed by atoms with Gasteiger partial charge >= 0.3 is 0 Å². The van der Waals surface area contributed by atoms with Crippen LogP contribution in [0.25, 0.3) is 0 Å². The first-order chi connectivity index (χ1) is 10.2. The van der Waals surface area contributed by atoms with E-state index < -0.39 is 0 Å². The number of nitrogens with one attached hydrogen (secondary N) is 1. The van der Waals surface area contributed by atoms with Crippen molar-refractivity contribution in [3.05, 3.63) is 17.7 Å². The van der Waals surface area contributed by atoms with Crippen LogP contribution in [0.1, 0.15) is 48.9 Å². The molecule has 1 aromatic rings. The number of methoxy groups -OCH3 is 2. The second kappa shape index (κ2) is 7.20. The Morgan fingerprint density at radius 1 is 1.10 bits per heavy atom. The van der Waals surface area contributed by atoms with Gasteiger partial charge in [0.25, 0.3) is 5.91 Å². The van der Waals surface area contributed by atoms with Crippen LogP contribution in [0, 0.1) is 0 Å². The molecule has 1 amide bonds. The molecular formula is C16H24N2O3. The van der Waals surface area contributed by atoms with Crippen LogP contribution in [0.2, 0.25) is 0 Å². The number of carbonyl (C=O) groups excluding carboxylic acids is 1. The maximum atomic E-state index is 12.4. The zero-order chi connectivity index (χ0) is 15.2. The van der Waals surface area contributed by atoms with Crippen molar-refractivity contribution in [2.24, 2.45) is 0 Å². The first-order valence-electron chi connectivity index (χ1n) is 7.48. The SMILES string of the molecule is COc1cc(N)c(C(=O)NC2CCCCCC2)cc1OC. The average Bonchev–Trinajstić information content (AvgIpc) is 2.75. The van der Waals surface area contributed by atoms with Crippen molar-refractivity contribution >= 4 is 11.6 Å². The molecule has 0 saturated heterocycles. The lowest BCUT2D eigenvalue weighted by molar-refractivity contribution is 0.0934. The van der Waals surface area contributed by atoms with E-state index in [0.29, 0.717) is 22.7 Å². The van der Waals surface area contributed by atoms with E-state index in [1.165, 1.54) is 25.7 Å². The predicted octanol–water partition coefficient (Wildman–Crippen LogP) is 2.74. The number of nitrogens with two attached hydrogens (primary N) is 1. The molecule has 0 aliphatic heterocycles. The molecule has 0 atom stereocenters. The van der Waals surface area contributed by atoms with Gasteiger partial charge in [0, 0.05) is 17.8 Å². The zero-order valence-corrected chi connectivity index (χ0v) is 12.8. The molecule has 0 unspecified atom stereocenters. The number of carbonyl (C=O) groups is 1. The van der Waals surface area contributed by atoms with Crippen LogP contribution < -0.4 is 20.5 Å². The number of amides is 1. The summed E-state index contributed by atoms with van der Waals surface area (Å²) in [5, 5.41) is 3.09. The number of nitrogen functional groups attached to an aromatic ring is 1. The lowest BCUT2D eigenvalue weighted by atomic mass is 10.1. The van der Waals surface area contributed by atoms with E-state index in [1.54, 1.807) is 26.4 Å².